The van der Waals surface area contributed by atoms with Crippen molar-refractivity contribution in [2.75, 3.05) is 18.5 Å². The van der Waals surface area contributed by atoms with E-state index in [9.17, 15) is 0 Å². The summed E-state index contributed by atoms with van der Waals surface area (Å²) in [5, 5.41) is 11.7. The van der Waals surface area contributed by atoms with Gasteiger partial charge in [-0.15, -0.1) is 0 Å². The number of aromatic nitrogens is 4. The molecule has 2 N–H and O–H groups in total. The first-order valence-electron chi connectivity index (χ1n) is 7.07. The molecule has 0 atom stereocenters. The predicted octanol–water partition coefficient (Wildman–Crippen LogP) is 3.06. The number of benzene rings is 1. The second-order valence-electron chi connectivity index (χ2n) is 4.72. The Morgan fingerprint density at radius 2 is 2.23 bits per heavy atom. The molecule has 3 rings (SSSR count). The van der Waals surface area contributed by atoms with Crippen molar-refractivity contribution in [1.29, 1.82) is 0 Å². The lowest BCUT2D eigenvalue weighted by molar-refractivity contribution is 0.336. The normalized spacial score (nSPS) is 10.8. The Bertz CT molecular complexity index is 773. The number of nitrogens with one attached hydrogen (secondary N) is 2. The topological polar surface area (TPSA) is 75.7 Å². The molecule has 7 heteroatoms. The van der Waals surface area contributed by atoms with Gasteiger partial charge in [-0.1, -0.05) is 11.6 Å². The maximum atomic E-state index is 6.07. The first-order chi connectivity index (χ1) is 10.8. The SMILES string of the molecule is CCOc1ccc(Cl)cc1CCNc1ncnc2[nH]ncc12. The Balaban J connectivity index is 1.70. The van der Waals surface area contributed by atoms with Crippen molar-refractivity contribution in [3.63, 3.8) is 0 Å². The van der Waals surface area contributed by atoms with E-state index in [1.165, 1.54) is 6.33 Å². The van der Waals surface area contributed by atoms with Gasteiger partial charge < -0.3 is 10.1 Å². The first-order valence-corrected chi connectivity index (χ1v) is 7.45. The van der Waals surface area contributed by atoms with Crippen molar-refractivity contribution < 1.29 is 4.74 Å². The molecule has 0 bridgehead atoms. The Morgan fingerprint density at radius 3 is 3.09 bits per heavy atom. The maximum Gasteiger partial charge on any atom is 0.160 e. The summed E-state index contributed by atoms with van der Waals surface area (Å²) in [6.45, 7) is 3.30. The van der Waals surface area contributed by atoms with Gasteiger partial charge in [0.2, 0.25) is 0 Å². The van der Waals surface area contributed by atoms with Gasteiger partial charge in [-0.25, -0.2) is 9.97 Å². The number of ether oxygens (including phenoxy) is 1. The largest absolute Gasteiger partial charge is 0.494 e. The van der Waals surface area contributed by atoms with Crippen LogP contribution in [0.2, 0.25) is 5.02 Å². The van der Waals surface area contributed by atoms with Gasteiger partial charge in [0.05, 0.1) is 18.2 Å². The van der Waals surface area contributed by atoms with E-state index in [0.29, 0.717) is 18.2 Å². The van der Waals surface area contributed by atoms with Crippen molar-refractivity contribution in [3.8, 4) is 5.75 Å². The van der Waals surface area contributed by atoms with Crippen LogP contribution in [-0.2, 0) is 6.42 Å². The summed E-state index contributed by atoms with van der Waals surface area (Å²) in [6.07, 6.45) is 4.00. The van der Waals surface area contributed by atoms with Crippen molar-refractivity contribution in [1.82, 2.24) is 20.2 Å². The predicted molar refractivity (Wildman–Crippen MR) is 86.5 cm³/mol. The van der Waals surface area contributed by atoms with E-state index in [-0.39, 0.29) is 0 Å². The molecular formula is C15H16ClN5O. The third kappa shape index (κ3) is 3.12. The van der Waals surface area contributed by atoms with Crippen LogP contribution in [0.4, 0.5) is 5.82 Å². The Kier molecular flexibility index (Phi) is 4.39. The fraction of sp³-hybridized carbons (Fsp3) is 0.267. The van der Waals surface area contributed by atoms with Gasteiger partial charge >= 0.3 is 0 Å². The molecule has 0 aliphatic rings. The minimum Gasteiger partial charge on any atom is -0.494 e. The molecular weight excluding hydrogens is 302 g/mol. The fourth-order valence-electron chi connectivity index (χ4n) is 2.26. The maximum absolute atomic E-state index is 6.07. The number of H-pyrrole nitrogens is 1. The molecule has 2 aromatic heterocycles. The van der Waals surface area contributed by atoms with Crippen LogP contribution in [0.15, 0.2) is 30.7 Å². The van der Waals surface area contributed by atoms with Crippen LogP contribution in [0.5, 0.6) is 5.75 Å². The van der Waals surface area contributed by atoms with Crippen LogP contribution in [0.25, 0.3) is 11.0 Å². The van der Waals surface area contributed by atoms with E-state index in [4.69, 9.17) is 16.3 Å². The Labute approximate surface area is 132 Å². The number of hydrogen-bond acceptors (Lipinski definition) is 5. The van der Waals surface area contributed by atoms with E-state index < -0.39 is 0 Å². The van der Waals surface area contributed by atoms with E-state index in [2.05, 4.69) is 25.5 Å². The van der Waals surface area contributed by atoms with Crippen LogP contribution < -0.4 is 10.1 Å². The molecule has 2 heterocycles. The molecule has 0 aliphatic carbocycles. The third-order valence-electron chi connectivity index (χ3n) is 3.26. The van der Waals surface area contributed by atoms with E-state index in [0.717, 1.165) is 34.6 Å². The summed E-state index contributed by atoms with van der Waals surface area (Å²) in [5.41, 5.74) is 1.79. The summed E-state index contributed by atoms with van der Waals surface area (Å²) in [4.78, 5) is 8.36. The number of nitrogens with zero attached hydrogens (tertiary/aromatic N) is 3. The average Bonchev–Trinajstić information content (AvgIpc) is 2.99. The summed E-state index contributed by atoms with van der Waals surface area (Å²) in [7, 11) is 0. The zero-order chi connectivity index (χ0) is 15.4. The number of fused-ring (bicyclic) bond motifs is 1. The van der Waals surface area contributed by atoms with Gasteiger partial charge in [0, 0.05) is 11.6 Å². The molecule has 6 nitrogen and oxygen atoms in total. The smallest absolute Gasteiger partial charge is 0.160 e. The van der Waals surface area contributed by atoms with Gasteiger partial charge in [-0.2, -0.15) is 5.10 Å². The zero-order valence-electron chi connectivity index (χ0n) is 12.1. The molecule has 0 fully saturated rings. The summed E-state index contributed by atoms with van der Waals surface area (Å²) < 4.78 is 5.63. The van der Waals surface area contributed by atoms with Crippen molar-refractivity contribution in [3.05, 3.63) is 41.3 Å². The van der Waals surface area contributed by atoms with E-state index >= 15 is 0 Å². The molecule has 22 heavy (non-hydrogen) atoms. The van der Waals surface area contributed by atoms with Crippen LogP contribution in [0, 0.1) is 0 Å². The quantitative estimate of drug-likeness (QED) is 0.730. The molecule has 114 valence electrons. The van der Waals surface area contributed by atoms with Crippen LogP contribution in [0.1, 0.15) is 12.5 Å². The van der Waals surface area contributed by atoms with Gasteiger partial charge in [0.1, 0.15) is 17.9 Å². The molecule has 0 spiro atoms. The van der Waals surface area contributed by atoms with Crippen LogP contribution >= 0.6 is 11.6 Å². The standard InChI is InChI=1S/C15H16ClN5O/c1-2-22-13-4-3-11(16)7-10(13)5-6-17-14-12-8-20-21-15(12)19-9-18-14/h3-4,7-9H,2,5-6H2,1H3,(H2,17,18,19,20,21). The highest BCUT2D eigenvalue weighted by Gasteiger charge is 2.07. The highest BCUT2D eigenvalue weighted by Crippen LogP contribution is 2.24. The minimum absolute atomic E-state index is 0.629. The van der Waals surface area contributed by atoms with Crippen molar-refractivity contribution >= 4 is 28.5 Å². The highest BCUT2D eigenvalue weighted by molar-refractivity contribution is 6.30. The number of hydrogen-bond donors (Lipinski definition) is 2. The fourth-order valence-corrected chi connectivity index (χ4v) is 2.46. The van der Waals surface area contributed by atoms with Crippen LogP contribution in [0.3, 0.4) is 0 Å². The second kappa shape index (κ2) is 6.62. The molecule has 1 aromatic carbocycles. The highest BCUT2D eigenvalue weighted by atomic mass is 35.5. The van der Waals surface area contributed by atoms with E-state index in [1.807, 2.05) is 25.1 Å². The summed E-state index contributed by atoms with van der Waals surface area (Å²) >= 11 is 6.07. The van der Waals surface area contributed by atoms with Gasteiger partial charge in [-0.05, 0) is 37.1 Å². The molecule has 3 aromatic rings. The number of halogens is 1. The van der Waals surface area contributed by atoms with Crippen LogP contribution in [-0.4, -0.2) is 33.3 Å². The Hall–Kier alpha value is -2.34. The number of rotatable bonds is 6. The van der Waals surface area contributed by atoms with Gasteiger partial charge in [0.25, 0.3) is 0 Å². The van der Waals surface area contributed by atoms with Crippen molar-refractivity contribution in [2.24, 2.45) is 0 Å². The number of anilines is 1. The summed E-state index contributed by atoms with van der Waals surface area (Å²) in [5.74, 6) is 1.63. The van der Waals surface area contributed by atoms with Crippen molar-refractivity contribution in [2.45, 2.75) is 13.3 Å². The third-order valence-corrected chi connectivity index (χ3v) is 3.49. The molecule has 0 unspecified atom stereocenters. The second-order valence-corrected chi connectivity index (χ2v) is 5.15. The Morgan fingerprint density at radius 1 is 1.32 bits per heavy atom. The molecule has 0 saturated carbocycles. The molecule has 0 aliphatic heterocycles. The lowest BCUT2D eigenvalue weighted by Crippen LogP contribution is -2.08. The summed E-state index contributed by atoms with van der Waals surface area (Å²) in [6, 6.07) is 5.67. The van der Waals surface area contributed by atoms with E-state index in [1.54, 1.807) is 6.20 Å². The molecule has 0 radical (unpaired) electrons. The molecule has 0 amide bonds. The zero-order valence-corrected chi connectivity index (χ0v) is 12.9. The average molecular weight is 318 g/mol. The lowest BCUT2D eigenvalue weighted by Gasteiger charge is -2.11. The molecule has 0 saturated heterocycles. The van der Waals surface area contributed by atoms with Gasteiger partial charge in [-0.3, -0.25) is 5.10 Å². The number of aromatic amines is 1. The minimum atomic E-state index is 0.629. The monoisotopic (exact) mass is 317 g/mol. The first kappa shape index (κ1) is 14.6. The lowest BCUT2D eigenvalue weighted by atomic mass is 10.1. The van der Waals surface area contributed by atoms with Gasteiger partial charge in [0.15, 0.2) is 5.65 Å².